The van der Waals surface area contributed by atoms with Crippen molar-refractivity contribution in [3.8, 4) is 5.75 Å². The molecule has 0 spiro atoms. The molecule has 2 rings (SSSR count). The molecule has 2 aromatic rings. The van der Waals surface area contributed by atoms with Crippen LogP contribution in [0.15, 0.2) is 36.4 Å². The zero-order chi connectivity index (χ0) is 17.9. The lowest BCUT2D eigenvalue weighted by Crippen LogP contribution is -2.22. The Morgan fingerprint density at radius 2 is 1.67 bits per heavy atom. The van der Waals surface area contributed by atoms with Gasteiger partial charge in [0.1, 0.15) is 5.75 Å². The third kappa shape index (κ3) is 4.38. The van der Waals surface area contributed by atoms with Crippen molar-refractivity contribution in [3.63, 3.8) is 0 Å². The molecule has 0 fully saturated rings. The summed E-state index contributed by atoms with van der Waals surface area (Å²) >= 11 is 0. The molecule has 0 aliphatic rings. The molecule has 2 aromatic carbocycles. The predicted octanol–water partition coefficient (Wildman–Crippen LogP) is 4.93. The lowest BCUT2D eigenvalue weighted by atomic mass is 9.86. The summed E-state index contributed by atoms with van der Waals surface area (Å²) in [5, 5.41) is 2.96. The lowest BCUT2D eigenvalue weighted by molar-refractivity contribution is -0.118. The summed E-state index contributed by atoms with van der Waals surface area (Å²) in [4.78, 5) is 12.3. The number of carbonyl (C=O) groups excluding carboxylic acids is 1. The van der Waals surface area contributed by atoms with E-state index in [0.29, 0.717) is 0 Å². The highest BCUT2D eigenvalue weighted by Gasteiger charge is 2.19. The van der Waals surface area contributed by atoms with Gasteiger partial charge in [0.15, 0.2) is 6.61 Å². The lowest BCUT2D eigenvalue weighted by Gasteiger charge is -2.23. The first-order valence-corrected chi connectivity index (χ1v) is 8.28. The minimum Gasteiger partial charge on any atom is -0.483 e. The van der Waals surface area contributed by atoms with Crippen molar-refractivity contribution in [2.24, 2.45) is 0 Å². The number of carbonyl (C=O) groups is 1. The van der Waals surface area contributed by atoms with Crippen molar-refractivity contribution in [3.05, 3.63) is 58.7 Å². The smallest absolute Gasteiger partial charge is 0.262 e. The van der Waals surface area contributed by atoms with E-state index < -0.39 is 0 Å². The van der Waals surface area contributed by atoms with Gasteiger partial charge in [0.05, 0.1) is 0 Å². The van der Waals surface area contributed by atoms with Gasteiger partial charge >= 0.3 is 0 Å². The molecule has 0 aliphatic heterocycles. The molecule has 128 valence electrons. The molecule has 0 saturated heterocycles. The predicted molar refractivity (Wildman–Crippen MR) is 99.9 cm³/mol. The first-order chi connectivity index (χ1) is 11.2. The number of rotatable bonds is 4. The van der Waals surface area contributed by atoms with Crippen LogP contribution in [0, 0.1) is 20.8 Å². The van der Waals surface area contributed by atoms with E-state index in [9.17, 15) is 4.79 Å². The highest BCUT2D eigenvalue weighted by atomic mass is 16.5. The van der Waals surface area contributed by atoms with Crippen molar-refractivity contribution in [2.45, 2.75) is 47.0 Å². The van der Waals surface area contributed by atoms with Crippen LogP contribution in [0.3, 0.4) is 0 Å². The Labute approximate surface area is 145 Å². The second-order valence-corrected chi connectivity index (χ2v) is 7.35. The van der Waals surface area contributed by atoms with E-state index in [1.54, 1.807) is 0 Å². The van der Waals surface area contributed by atoms with Crippen LogP contribution < -0.4 is 10.1 Å². The number of anilines is 1. The Morgan fingerprint density at radius 1 is 1.04 bits per heavy atom. The minimum absolute atomic E-state index is 0.000305. The van der Waals surface area contributed by atoms with E-state index >= 15 is 0 Å². The number of amides is 1. The molecule has 0 unspecified atom stereocenters. The maximum absolute atomic E-state index is 12.3. The second kappa shape index (κ2) is 7.08. The van der Waals surface area contributed by atoms with Crippen LogP contribution in [0.1, 0.15) is 43.0 Å². The van der Waals surface area contributed by atoms with Crippen LogP contribution in [-0.4, -0.2) is 12.5 Å². The van der Waals surface area contributed by atoms with E-state index in [1.807, 2.05) is 45.0 Å². The summed E-state index contributed by atoms with van der Waals surface area (Å²) in [6, 6.07) is 12.1. The quantitative estimate of drug-likeness (QED) is 0.866. The summed E-state index contributed by atoms with van der Waals surface area (Å²) in [6.45, 7) is 12.4. The Bertz CT molecular complexity index is 722. The molecule has 1 amide bonds. The van der Waals surface area contributed by atoms with Gasteiger partial charge in [-0.2, -0.15) is 0 Å². The topological polar surface area (TPSA) is 38.3 Å². The molecular formula is C21H27NO2. The maximum atomic E-state index is 12.3. The highest BCUT2D eigenvalue weighted by molar-refractivity contribution is 5.93. The van der Waals surface area contributed by atoms with E-state index in [1.165, 1.54) is 0 Å². The number of para-hydroxylation sites is 1. The van der Waals surface area contributed by atoms with Gasteiger partial charge in [0.25, 0.3) is 5.91 Å². The standard InChI is InChI=1S/C21H27NO2/c1-14-10-11-17(21(4,5)6)18(12-14)24-13-19(23)22-20-15(2)8-7-9-16(20)3/h7-12H,13H2,1-6H3,(H,22,23). The molecule has 3 heteroatoms. The fourth-order valence-corrected chi connectivity index (χ4v) is 2.70. The number of hydrogen-bond acceptors (Lipinski definition) is 2. The SMILES string of the molecule is Cc1ccc(C(C)(C)C)c(OCC(=O)Nc2c(C)cccc2C)c1. The molecule has 0 heterocycles. The van der Waals surface area contributed by atoms with Crippen LogP contribution in [0.5, 0.6) is 5.75 Å². The zero-order valence-electron chi connectivity index (χ0n) is 15.5. The molecular weight excluding hydrogens is 298 g/mol. The van der Waals surface area contributed by atoms with Gasteiger partial charge < -0.3 is 10.1 Å². The maximum Gasteiger partial charge on any atom is 0.262 e. The van der Waals surface area contributed by atoms with Crippen LogP contribution in [0.25, 0.3) is 0 Å². The molecule has 0 aromatic heterocycles. The van der Waals surface area contributed by atoms with Crippen molar-refractivity contribution in [1.82, 2.24) is 0 Å². The summed E-state index contributed by atoms with van der Waals surface area (Å²) in [5.74, 6) is 0.632. The zero-order valence-corrected chi connectivity index (χ0v) is 15.5. The number of hydrogen-bond donors (Lipinski definition) is 1. The van der Waals surface area contributed by atoms with E-state index in [-0.39, 0.29) is 17.9 Å². The summed E-state index contributed by atoms with van der Waals surface area (Å²) < 4.78 is 5.85. The number of nitrogens with one attached hydrogen (secondary N) is 1. The van der Waals surface area contributed by atoms with Gasteiger partial charge in [-0.05, 0) is 54.5 Å². The van der Waals surface area contributed by atoms with Gasteiger partial charge in [0.2, 0.25) is 0 Å². The second-order valence-electron chi connectivity index (χ2n) is 7.35. The van der Waals surface area contributed by atoms with Gasteiger partial charge in [-0.1, -0.05) is 51.1 Å². The molecule has 0 bridgehead atoms. The normalized spacial score (nSPS) is 11.2. The van der Waals surface area contributed by atoms with Crippen molar-refractivity contribution in [1.29, 1.82) is 0 Å². The minimum atomic E-state index is -0.145. The average Bonchev–Trinajstić information content (AvgIpc) is 2.48. The van der Waals surface area contributed by atoms with Crippen molar-refractivity contribution < 1.29 is 9.53 Å². The molecule has 0 radical (unpaired) electrons. The fourth-order valence-electron chi connectivity index (χ4n) is 2.70. The highest BCUT2D eigenvalue weighted by Crippen LogP contribution is 2.32. The van der Waals surface area contributed by atoms with E-state index in [4.69, 9.17) is 4.74 Å². The first kappa shape index (κ1) is 18.1. The fraction of sp³-hybridized carbons (Fsp3) is 0.381. The molecule has 0 saturated carbocycles. The Kier molecular flexibility index (Phi) is 5.33. The molecule has 0 atom stereocenters. The Morgan fingerprint density at radius 3 is 2.25 bits per heavy atom. The van der Waals surface area contributed by atoms with Crippen LogP contribution in [0.4, 0.5) is 5.69 Å². The van der Waals surface area contributed by atoms with E-state index in [0.717, 1.165) is 33.7 Å². The third-order valence-electron chi connectivity index (χ3n) is 4.05. The molecule has 1 N–H and O–H groups in total. The summed E-state index contributed by atoms with van der Waals surface area (Å²) in [6.07, 6.45) is 0. The van der Waals surface area contributed by atoms with Gasteiger partial charge in [0, 0.05) is 5.69 Å². The van der Waals surface area contributed by atoms with Gasteiger partial charge in [-0.3, -0.25) is 4.79 Å². The largest absolute Gasteiger partial charge is 0.483 e. The number of benzene rings is 2. The molecule has 0 aliphatic carbocycles. The molecule has 3 nitrogen and oxygen atoms in total. The molecule has 24 heavy (non-hydrogen) atoms. The van der Waals surface area contributed by atoms with Gasteiger partial charge in [-0.25, -0.2) is 0 Å². The third-order valence-corrected chi connectivity index (χ3v) is 4.05. The summed E-state index contributed by atoms with van der Waals surface area (Å²) in [7, 11) is 0. The van der Waals surface area contributed by atoms with Crippen LogP contribution in [-0.2, 0) is 10.2 Å². The first-order valence-electron chi connectivity index (χ1n) is 8.28. The van der Waals surface area contributed by atoms with Gasteiger partial charge in [-0.15, -0.1) is 0 Å². The van der Waals surface area contributed by atoms with Crippen molar-refractivity contribution in [2.75, 3.05) is 11.9 Å². The number of ether oxygens (including phenoxy) is 1. The average molecular weight is 325 g/mol. The summed E-state index contributed by atoms with van der Waals surface area (Å²) in [5.41, 5.74) is 5.16. The number of aryl methyl sites for hydroxylation is 3. The van der Waals surface area contributed by atoms with Crippen LogP contribution in [0.2, 0.25) is 0 Å². The Hall–Kier alpha value is -2.29. The van der Waals surface area contributed by atoms with Crippen LogP contribution >= 0.6 is 0 Å². The van der Waals surface area contributed by atoms with Crippen molar-refractivity contribution >= 4 is 11.6 Å². The monoisotopic (exact) mass is 325 g/mol. The Balaban J connectivity index is 2.11. The van der Waals surface area contributed by atoms with E-state index in [2.05, 4.69) is 38.2 Å².